The van der Waals surface area contributed by atoms with Gasteiger partial charge in [0.05, 0.1) is 0 Å². The van der Waals surface area contributed by atoms with Crippen LogP contribution in [0.25, 0.3) is 88.0 Å². The molecule has 326 valence electrons. The zero-order valence-corrected chi connectivity index (χ0v) is 40.4. The fourth-order valence-electron chi connectivity index (χ4n) is 9.19. The molecule has 0 heteroatoms. The van der Waals surface area contributed by atoms with Crippen LogP contribution in [0, 0.1) is 0 Å². The van der Waals surface area contributed by atoms with E-state index in [1.54, 1.807) is 0 Å². The van der Waals surface area contributed by atoms with E-state index in [4.69, 9.17) is 0 Å². The van der Waals surface area contributed by atoms with Crippen LogP contribution >= 0.6 is 0 Å². The summed E-state index contributed by atoms with van der Waals surface area (Å²) in [5.74, 6) is 0. The lowest BCUT2D eigenvalue weighted by Crippen LogP contribution is -2.10. The van der Waals surface area contributed by atoms with Gasteiger partial charge < -0.3 is 0 Å². The lowest BCUT2D eigenvalue weighted by Gasteiger charge is -2.20. The van der Waals surface area contributed by atoms with Crippen molar-refractivity contribution in [1.82, 2.24) is 0 Å². The van der Waals surface area contributed by atoms with Gasteiger partial charge in [0.1, 0.15) is 0 Å². The molecule has 0 spiro atoms. The summed E-state index contributed by atoms with van der Waals surface area (Å²) in [6, 6.07) is 61.4. The molecule has 0 nitrogen and oxygen atoms in total. The van der Waals surface area contributed by atoms with Crippen molar-refractivity contribution < 1.29 is 0 Å². The van der Waals surface area contributed by atoms with E-state index >= 15 is 0 Å². The summed E-state index contributed by atoms with van der Waals surface area (Å²) in [5.41, 5.74) is 18.6. The Morgan fingerprint density at radius 3 is 1.55 bits per heavy atom. The molecule has 0 unspecified atom stereocenters. The van der Waals surface area contributed by atoms with Crippen LogP contribution in [0.15, 0.2) is 200 Å². The van der Waals surface area contributed by atoms with E-state index < -0.39 is 0 Å². The maximum absolute atomic E-state index is 2.36. The van der Waals surface area contributed by atoms with Gasteiger partial charge in [0.15, 0.2) is 0 Å². The summed E-state index contributed by atoms with van der Waals surface area (Å²) in [6.45, 7) is 21.1. The first-order chi connectivity index (χ1) is 31.6. The monoisotopic (exact) mass is 847 g/mol. The molecule has 1 aliphatic carbocycles. The zero-order valence-electron chi connectivity index (χ0n) is 40.4. The molecule has 0 aliphatic heterocycles. The minimum Gasteiger partial charge on any atom is -0.0917 e. The van der Waals surface area contributed by atoms with Crippen LogP contribution in [0.1, 0.15) is 92.3 Å². The minimum atomic E-state index is 0.135. The van der Waals surface area contributed by atoms with Crippen LogP contribution in [-0.2, 0) is 11.8 Å². The number of hydrogen-bond acceptors (Lipinski definition) is 0. The molecule has 0 amide bonds. The van der Waals surface area contributed by atoms with Crippen molar-refractivity contribution in [1.29, 1.82) is 0 Å². The van der Waals surface area contributed by atoms with Gasteiger partial charge >= 0.3 is 0 Å². The van der Waals surface area contributed by atoms with Crippen LogP contribution < -0.4 is 0 Å². The first-order valence-corrected chi connectivity index (χ1v) is 23.7. The van der Waals surface area contributed by atoms with Crippen molar-refractivity contribution in [3.63, 3.8) is 0 Å². The molecule has 0 radical (unpaired) electrons. The van der Waals surface area contributed by atoms with E-state index in [1.165, 1.54) is 110 Å². The van der Waals surface area contributed by atoms with Gasteiger partial charge in [-0.1, -0.05) is 235 Å². The van der Waals surface area contributed by atoms with E-state index in [2.05, 4.69) is 223 Å². The predicted molar refractivity (Wildman–Crippen MR) is 290 cm³/mol. The summed E-state index contributed by atoms with van der Waals surface area (Å²) >= 11 is 0. The Labute approximate surface area is 390 Å². The third-order valence-corrected chi connectivity index (χ3v) is 12.6. The average Bonchev–Trinajstić information content (AvgIpc) is 3.73. The van der Waals surface area contributed by atoms with Crippen LogP contribution in [0.3, 0.4) is 0 Å². The number of rotatable bonds is 6. The van der Waals surface area contributed by atoms with E-state index in [1.807, 2.05) is 40.7 Å². The van der Waals surface area contributed by atoms with Crippen molar-refractivity contribution in [3.05, 3.63) is 216 Å². The highest BCUT2D eigenvalue weighted by Crippen LogP contribution is 2.44. The average molecular weight is 847 g/mol. The maximum atomic E-state index is 2.36. The van der Waals surface area contributed by atoms with E-state index in [-0.39, 0.29) is 5.41 Å². The van der Waals surface area contributed by atoms with Crippen molar-refractivity contribution >= 4 is 32.3 Å². The molecule has 0 heterocycles. The summed E-state index contributed by atoms with van der Waals surface area (Å²) < 4.78 is 0. The second kappa shape index (κ2) is 20.8. The molecule has 10 rings (SSSR count). The maximum Gasteiger partial charge on any atom is -0.000729 e. The number of hydrogen-bond donors (Lipinski definition) is 0. The van der Waals surface area contributed by atoms with Gasteiger partial charge in [0, 0.05) is 0 Å². The molecule has 9 aromatic rings. The second-order valence-electron chi connectivity index (χ2n) is 17.8. The predicted octanol–water partition coefficient (Wildman–Crippen LogP) is 19.6. The third-order valence-electron chi connectivity index (χ3n) is 12.6. The number of fused-ring (bicyclic) bond motifs is 3. The van der Waals surface area contributed by atoms with Crippen molar-refractivity contribution in [2.45, 2.75) is 87.5 Å². The highest BCUT2D eigenvalue weighted by Gasteiger charge is 2.21. The van der Waals surface area contributed by atoms with Crippen LogP contribution in [0.5, 0.6) is 0 Å². The normalized spacial score (nSPS) is 12.1. The molecule has 9 aromatic carbocycles. The minimum absolute atomic E-state index is 0.135. The Bertz CT molecular complexity index is 3100. The first kappa shape index (κ1) is 46.2. The van der Waals surface area contributed by atoms with Gasteiger partial charge in [-0.25, -0.2) is 0 Å². The number of allylic oxidation sites excluding steroid dienone is 6. The molecule has 0 N–H and O–H groups in total. The van der Waals surface area contributed by atoms with Crippen molar-refractivity contribution in [2.24, 2.45) is 0 Å². The molecule has 0 atom stereocenters. The second-order valence-corrected chi connectivity index (χ2v) is 17.8. The van der Waals surface area contributed by atoms with E-state index in [9.17, 15) is 0 Å². The Kier molecular flexibility index (Phi) is 14.8. The molecular formula is C65H66. The van der Waals surface area contributed by atoms with E-state index in [0.717, 1.165) is 12.8 Å². The Balaban J connectivity index is 0.000000397. The Morgan fingerprint density at radius 1 is 0.492 bits per heavy atom. The van der Waals surface area contributed by atoms with Crippen LogP contribution in [0.2, 0.25) is 0 Å². The Morgan fingerprint density at radius 2 is 1.02 bits per heavy atom. The third kappa shape index (κ3) is 9.84. The van der Waals surface area contributed by atoms with Crippen LogP contribution in [-0.4, -0.2) is 0 Å². The van der Waals surface area contributed by atoms with E-state index in [0.29, 0.717) is 0 Å². The van der Waals surface area contributed by atoms with Gasteiger partial charge in [0.25, 0.3) is 0 Å². The van der Waals surface area contributed by atoms with Gasteiger partial charge in [0.2, 0.25) is 0 Å². The first-order valence-electron chi connectivity index (χ1n) is 23.7. The summed E-state index contributed by atoms with van der Waals surface area (Å²) in [7, 11) is 0. The molecule has 0 bridgehead atoms. The molecular weight excluding hydrogens is 781 g/mol. The standard InChI is InChI=1S/C51H38.C7H12.C5H10.C2H6/c1-51(2,3)40-24-18-34(19-25-40)44-27-21-36-22-28-46-43(26-20-35-23-29-47(44)50(36)49(35)46)33-16-14-32(15-17-33)37-9-6-10-38(30-37)42-12-7-13-45-41-11-5-4-8-39(41)31-48(42)45;1-4-6-7(3)5-2;1-3-5-4-2;1-2/h4-30H,31H2,1-3H3;4-6H,1-3H3;3,5H,4H2,1-2H3;1-2H3/b;6-4+,7-5+;5-3-;. The Hall–Kier alpha value is -6.76. The molecule has 0 aromatic heterocycles. The zero-order chi connectivity index (χ0) is 46.1. The van der Waals surface area contributed by atoms with Gasteiger partial charge in [-0.2, -0.15) is 0 Å². The number of benzene rings is 9. The molecule has 0 saturated heterocycles. The molecule has 0 saturated carbocycles. The van der Waals surface area contributed by atoms with Gasteiger partial charge in [-0.3, -0.25) is 0 Å². The van der Waals surface area contributed by atoms with Crippen molar-refractivity contribution in [2.75, 3.05) is 0 Å². The SMILES string of the molecule is C/C=C/C(C)=C/C.C/C=C\CC.CC.CC(C)(C)c1ccc(-c2ccc3ccc4c(-c5ccc(-c6cccc(-c7cccc8c7Cc7ccccc7-8)c6)cc5)ccc5ccc2c3c54)cc1. The lowest BCUT2D eigenvalue weighted by molar-refractivity contribution is 0.590. The highest BCUT2D eigenvalue weighted by atomic mass is 14.3. The fraction of sp³-hybridized carbons (Fsp3) is 0.200. The molecule has 65 heavy (non-hydrogen) atoms. The lowest BCUT2D eigenvalue weighted by atomic mass is 9.85. The van der Waals surface area contributed by atoms with Gasteiger partial charge in [-0.15, -0.1) is 0 Å². The highest BCUT2D eigenvalue weighted by molar-refractivity contribution is 6.27. The van der Waals surface area contributed by atoms with Gasteiger partial charge in [-0.05, 0) is 157 Å². The summed E-state index contributed by atoms with van der Waals surface area (Å²) in [4.78, 5) is 0. The summed E-state index contributed by atoms with van der Waals surface area (Å²) in [6.07, 6.45) is 12.5. The topological polar surface area (TPSA) is 0 Å². The quantitative estimate of drug-likeness (QED) is 0.0888. The fourth-order valence-corrected chi connectivity index (χ4v) is 9.19. The summed E-state index contributed by atoms with van der Waals surface area (Å²) in [5, 5.41) is 7.90. The largest absolute Gasteiger partial charge is 0.0917 e. The van der Waals surface area contributed by atoms with Crippen molar-refractivity contribution in [3.8, 4) is 55.6 Å². The molecule has 0 fully saturated rings. The smallest absolute Gasteiger partial charge is 0.000729 e. The van der Waals surface area contributed by atoms with Crippen LogP contribution in [0.4, 0.5) is 0 Å². The molecule has 1 aliphatic rings.